The van der Waals surface area contributed by atoms with Crippen molar-refractivity contribution in [1.82, 2.24) is 19.7 Å². The van der Waals surface area contributed by atoms with Crippen LogP contribution in [-0.4, -0.2) is 32.8 Å². The van der Waals surface area contributed by atoms with Crippen molar-refractivity contribution < 1.29 is 9.53 Å². The number of amides is 1. The van der Waals surface area contributed by atoms with Crippen LogP contribution in [-0.2, 0) is 0 Å². The Morgan fingerprint density at radius 1 is 1.30 bits per heavy atom. The number of rotatable bonds is 5. The Bertz CT molecular complexity index is 1040. The number of para-hydroxylation sites is 1. The van der Waals surface area contributed by atoms with Gasteiger partial charge < -0.3 is 10.1 Å². The first-order chi connectivity index (χ1) is 12.9. The molecule has 0 aliphatic rings. The van der Waals surface area contributed by atoms with Crippen molar-refractivity contribution in [2.24, 2.45) is 0 Å². The van der Waals surface area contributed by atoms with E-state index in [1.54, 1.807) is 37.3 Å². The van der Waals surface area contributed by atoms with Crippen molar-refractivity contribution in [3.63, 3.8) is 0 Å². The second-order valence-corrected chi connectivity index (χ2v) is 6.38. The first-order valence-corrected chi connectivity index (χ1v) is 8.51. The molecule has 2 aromatic heterocycles. The van der Waals surface area contributed by atoms with Gasteiger partial charge in [-0.3, -0.25) is 14.6 Å². The van der Waals surface area contributed by atoms with Gasteiger partial charge in [-0.15, -0.1) is 0 Å². The number of carbonyl (C=O) groups is 1. The highest BCUT2D eigenvalue weighted by Gasteiger charge is 2.17. The molecule has 0 saturated heterocycles. The maximum Gasteiger partial charge on any atom is 0.260 e. The molecule has 2 heterocycles. The smallest absolute Gasteiger partial charge is 0.260 e. The van der Waals surface area contributed by atoms with Crippen LogP contribution in [0, 0.1) is 6.92 Å². The summed E-state index contributed by atoms with van der Waals surface area (Å²) in [7, 11) is 1.51. The molecule has 8 heteroatoms. The summed E-state index contributed by atoms with van der Waals surface area (Å²) in [4.78, 5) is 31.9. The maximum atomic E-state index is 12.7. The number of benzene rings is 1. The van der Waals surface area contributed by atoms with Gasteiger partial charge in [0, 0.05) is 17.8 Å². The Balaban J connectivity index is 1.96. The van der Waals surface area contributed by atoms with Crippen LogP contribution in [0.4, 0.5) is 5.82 Å². The van der Waals surface area contributed by atoms with Crippen molar-refractivity contribution in [1.29, 1.82) is 0 Å². The van der Waals surface area contributed by atoms with E-state index >= 15 is 0 Å². The summed E-state index contributed by atoms with van der Waals surface area (Å²) in [5.74, 6) is 0.788. The fourth-order valence-corrected chi connectivity index (χ4v) is 2.68. The minimum absolute atomic E-state index is 0.0550. The predicted octanol–water partition coefficient (Wildman–Crippen LogP) is 2.65. The lowest BCUT2D eigenvalue weighted by molar-refractivity contribution is 0.102. The van der Waals surface area contributed by atoms with E-state index in [1.807, 2.05) is 13.8 Å². The van der Waals surface area contributed by atoms with Crippen molar-refractivity contribution in [3.8, 4) is 11.7 Å². The van der Waals surface area contributed by atoms with Crippen LogP contribution in [0.2, 0.25) is 0 Å². The van der Waals surface area contributed by atoms with Crippen LogP contribution >= 0.6 is 0 Å². The number of ether oxygens (including phenoxy) is 1. The Labute approximate surface area is 156 Å². The number of nitrogens with zero attached hydrogens (tertiary/aromatic N) is 3. The molecule has 1 aromatic carbocycles. The van der Waals surface area contributed by atoms with Crippen molar-refractivity contribution in [2.45, 2.75) is 26.7 Å². The topological polar surface area (TPSA) is 102 Å². The van der Waals surface area contributed by atoms with E-state index in [0.717, 1.165) is 0 Å². The number of hydrogen-bond donors (Lipinski definition) is 2. The van der Waals surface area contributed by atoms with Gasteiger partial charge in [0.05, 0.1) is 18.4 Å². The van der Waals surface area contributed by atoms with Crippen LogP contribution < -0.4 is 15.6 Å². The van der Waals surface area contributed by atoms with Gasteiger partial charge in [0.15, 0.2) is 0 Å². The summed E-state index contributed by atoms with van der Waals surface area (Å²) >= 11 is 0. The third-order valence-corrected chi connectivity index (χ3v) is 4.06. The zero-order valence-electron chi connectivity index (χ0n) is 15.6. The minimum Gasteiger partial charge on any atom is -0.496 e. The van der Waals surface area contributed by atoms with Crippen LogP contribution in [0.15, 0.2) is 41.3 Å². The van der Waals surface area contributed by atoms with E-state index < -0.39 is 0 Å². The molecule has 0 aliphatic heterocycles. The largest absolute Gasteiger partial charge is 0.496 e. The van der Waals surface area contributed by atoms with Gasteiger partial charge in [-0.25, -0.2) is 4.98 Å². The summed E-state index contributed by atoms with van der Waals surface area (Å²) in [6, 6.07) is 8.61. The molecule has 0 unspecified atom stereocenters. The monoisotopic (exact) mass is 367 g/mol. The Kier molecular flexibility index (Phi) is 5.07. The number of nitrogens with one attached hydrogen (secondary N) is 2. The maximum absolute atomic E-state index is 12.7. The van der Waals surface area contributed by atoms with E-state index in [9.17, 15) is 9.59 Å². The molecule has 0 aliphatic carbocycles. The summed E-state index contributed by atoms with van der Waals surface area (Å²) in [6.45, 7) is 5.63. The number of aryl methyl sites for hydroxylation is 1. The van der Waals surface area contributed by atoms with Crippen LogP contribution in [0.5, 0.6) is 5.75 Å². The van der Waals surface area contributed by atoms with Crippen LogP contribution in [0.25, 0.3) is 5.95 Å². The number of methoxy groups -OCH3 is 1. The van der Waals surface area contributed by atoms with Crippen LogP contribution in [0.1, 0.15) is 41.4 Å². The standard InChI is InChI=1S/C19H21N5O3/c1-11(2)14-10-20-19(22-18(14)26)24-16(9-12(3)23-24)21-17(25)13-7-5-6-8-15(13)27-4/h5-11H,1-4H3,(H,21,25)(H,20,22,26). The molecule has 2 N–H and O–H groups in total. The van der Waals surface area contributed by atoms with E-state index in [-0.39, 0.29) is 23.3 Å². The number of hydrogen-bond acceptors (Lipinski definition) is 5. The van der Waals surface area contributed by atoms with E-state index in [4.69, 9.17) is 4.74 Å². The first-order valence-electron chi connectivity index (χ1n) is 8.51. The third kappa shape index (κ3) is 3.74. The second-order valence-electron chi connectivity index (χ2n) is 6.38. The van der Waals surface area contributed by atoms with Crippen LogP contribution in [0.3, 0.4) is 0 Å². The highest BCUT2D eigenvalue weighted by molar-refractivity contribution is 6.05. The number of H-pyrrole nitrogens is 1. The molecule has 1 amide bonds. The quantitative estimate of drug-likeness (QED) is 0.722. The van der Waals surface area contributed by atoms with E-state index in [2.05, 4.69) is 20.4 Å². The molecule has 0 saturated carbocycles. The van der Waals surface area contributed by atoms with Crippen molar-refractivity contribution in [3.05, 3.63) is 63.7 Å². The lowest BCUT2D eigenvalue weighted by Gasteiger charge is -2.11. The zero-order valence-corrected chi connectivity index (χ0v) is 15.6. The van der Waals surface area contributed by atoms with E-state index in [1.165, 1.54) is 18.0 Å². The average Bonchev–Trinajstić information content (AvgIpc) is 3.01. The summed E-state index contributed by atoms with van der Waals surface area (Å²) in [6.07, 6.45) is 1.53. The van der Waals surface area contributed by atoms with Gasteiger partial charge in [-0.2, -0.15) is 9.78 Å². The van der Waals surface area contributed by atoms with Gasteiger partial charge in [0.2, 0.25) is 5.95 Å². The average molecular weight is 367 g/mol. The molecule has 8 nitrogen and oxygen atoms in total. The van der Waals surface area contributed by atoms with Gasteiger partial charge >= 0.3 is 0 Å². The van der Waals surface area contributed by atoms with Gasteiger partial charge in [-0.1, -0.05) is 26.0 Å². The number of aromatic amines is 1. The Morgan fingerprint density at radius 3 is 2.70 bits per heavy atom. The van der Waals surface area contributed by atoms with Gasteiger partial charge in [-0.05, 0) is 25.0 Å². The SMILES string of the molecule is COc1ccccc1C(=O)Nc1cc(C)nn1-c1ncc(C(C)C)c(=O)[nH]1. The molecule has 0 bridgehead atoms. The molecular weight excluding hydrogens is 346 g/mol. The molecule has 3 aromatic rings. The molecule has 0 fully saturated rings. The van der Waals surface area contributed by atoms with E-state index in [0.29, 0.717) is 28.4 Å². The number of aromatic nitrogens is 4. The number of carbonyl (C=O) groups excluding carboxylic acids is 1. The molecule has 27 heavy (non-hydrogen) atoms. The minimum atomic E-state index is -0.352. The summed E-state index contributed by atoms with van der Waals surface area (Å²) in [5.41, 5.74) is 1.41. The van der Waals surface area contributed by atoms with Gasteiger partial charge in [0.1, 0.15) is 11.6 Å². The molecule has 0 radical (unpaired) electrons. The number of anilines is 1. The molecule has 0 atom stereocenters. The Morgan fingerprint density at radius 2 is 2.04 bits per heavy atom. The predicted molar refractivity (Wildman–Crippen MR) is 102 cm³/mol. The highest BCUT2D eigenvalue weighted by atomic mass is 16.5. The lowest BCUT2D eigenvalue weighted by atomic mass is 10.1. The third-order valence-electron chi connectivity index (χ3n) is 4.06. The fourth-order valence-electron chi connectivity index (χ4n) is 2.68. The van der Waals surface area contributed by atoms with Gasteiger partial charge in [0.25, 0.3) is 11.5 Å². The second kappa shape index (κ2) is 7.45. The summed E-state index contributed by atoms with van der Waals surface area (Å²) in [5, 5.41) is 7.12. The fraction of sp³-hybridized carbons (Fsp3) is 0.263. The molecule has 0 spiro atoms. The zero-order chi connectivity index (χ0) is 19.6. The molecule has 3 rings (SSSR count). The van der Waals surface area contributed by atoms with Crippen molar-refractivity contribution >= 4 is 11.7 Å². The summed E-state index contributed by atoms with van der Waals surface area (Å²) < 4.78 is 6.63. The molecular formula is C19H21N5O3. The Hall–Kier alpha value is -3.42. The van der Waals surface area contributed by atoms with Crippen molar-refractivity contribution in [2.75, 3.05) is 12.4 Å². The first kappa shape index (κ1) is 18.4. The molecule has 140 valence electrons. The normalized spacial score (nSPS) is 10.9. The highest BCUT2D eigenvalue weighted by Crippen LogP contribution is 2.20. The lowest BCUT2D eigenvalue weighted by Crippen LogP contribution is -2.21.